The fraction of sp³-hybridized carbons (Fsp3) is 0.333. The second-order valence-corrected chi connectivity index (χ2v) is 9.79. The van der Waals surface area contributed by atoms with Crippen LogP contribution in [0.2, 0.25) is 0 Å². The number of amides is 1. The molecule has 1 saturated heterocycles. The highest BCUT2D eigenvalue weighted by molar-refractivity contribution is 7.17. The number of carbonyl (C=O) groups is 2. The van der Waals surface area contributed by atoms with E-state index in [1.54, 1.807) is 6.07 Å². The average molecular weight is 493 g/mol. The molecule has 1 fully saturated rings. The fourth-order valence-electron chi connectivity index (χ4n) is 4.35. The number of rotatable bonds is 7. The number of hydrogen-bond acceptors (Lipinski definition) is 7. The quantitative estimate of drug-likeness (QED) is 0.500. The molecule has 35 heavy (non-hydrogen) atoms. The minimum absolute atomic E-state index is 0.108. The first kappa shape index (κ1) is 23.4. The van der Waals surface area contributed by atoms with Crippen molar-refractivity contribution in [3.8, 4) is 21.9 Å². The van der Waals surface area contributed by atoms with E-state index in [1.807, 2.05) is 30.3 Å². The molecule has 5 rings (SSSR count). The SMILES string of the molecule is O=C(COC(=O)c1ccc(-c2ccc3c(c2)OCCO3)s1)NC1CCN(Cc2ccccc2)CC1. The average Bonchev–Trinajstić information content (AvgIpc) is 3.39. The third kappa shape index (κ3) is 6.01. The Morgan fingerprint density at radius 1 is 0.971 bits per heavy atom. The van der Waals surface area contributed by atoms with Gasteiger partial charge in [0, 0.05) is 30.6 Å². The first-order chi connectivity index (χ1) is 17.1. The van der Waals surface area contributed by atoms with Crippen molar-refractivity contribution in [1.29, 1.82) is 0 Å². The molecular formula is C27H28N2O5S. The molecule has 0 saturated carbocycles. The molecule has 2 aliphatic rings. The van der Waals surface area contributed by atoms with Gasteiger partial charge in [0.1, 0.15) is 18.1 Å². The molecule has 1 amide bonds. The van der Waals surface area contributed by atoms with E-state index in [4.69, 9.17) is 14.2 Å². The molecule has 0 spiro atoms. The van der Waals surface area contributed by atoms with Crippen molar-refractivity contribution in [3.63, 3.8) is 0 Å². The molecule has 2 aliphatic heterocycles. The number of nitrogens with one attached hydrogen (secondary N) is 1. The summed E-state index contributed by atoms with van der Waals surface area (Å²) in [6.45, 7) is 3.57. The van der Waals surface area contributed by atoms with E-state index in [2.05, 4.69) is 34.5 Å². The predicted molar refractivity (Wildman–Crippen MR) is 134 cm³/mol. The molecule has 1 aromatic heterocycles. The molecule has 3 heterocycles. The van der Waals surface area contributed by atoms with Crippen LogP contribution >= 0.6 is 11.3 Å². The Hall–Kier alpha value is -3.36. The van der Waals surface area contributed by atoms with Crippen LogP contribution in [0.5, 0.6) is 11.5 Å². The van der Waals surface area contributed by atoms with E-state index in [0.717, 1.165) is 48.7 Å². The Morgan fingerprint density at radius 3 is 2.54 bits per heavy atom. The molecule has 0 atom stereocenters. The first-order valence-corrected chi connectivity index (χ1v) is 12.7. The summed E-state index contributed by atoms with van der Waals surface area (Å²) in [5, 5.41) is 3.00. The van der Waals surface area contributed by atoms with E-state index in [1.165, 1.54) is 16.9 Å². The number of benzene rings is 2. The molecule has 1 N–H and O–H groups in total. The summed E-state index contributed by atoms with van der Waals surface area (Å²) >= 11 is 1.32. The molecule has 0 unspecified atom stereocenters. The number of nitrogens with zero attached hydrogens (tertiary/aromatic N) is 1. The van der Waals surface area contributed by atoms with E-state index < -0.39 is 5.97 Å². The second kappa shape index (κ2) is 10.9. The number of carbonyl (C=O) groups excluding carboxylic acids is 2. The van der Waals surface area contributed by atoms with Crippen LogP contribution in [-0.2, 0) is 16.1 Å². The Kier molecular flexibility index (Phi) is 7.30. The zero-order valence-corrected chi connectivity index (χ0v) is 20.2. The van der Waals surface area contributed by atoms with Gasteiger partial charge in [0.05, 0.1) is 0 Å². The lowest BCUT2D eigenvalue weighted by Crippen LogP contribution is -2.45. The summed E-state index contributed by atoms with van der Waals surface area (Å²) in [6.07, 6.45) is 1.77. The topological polar surface area (TPSA) is 77.1 Å². The molecule has 3 aromatic rings. The third-order valence-corrected chi connectivity index (χ3v) is 7.28. The van der Waals surface area contributed by atoms with E-state index >= 15 is 0 Å². The summed E-state index contributed by atoms with van der Waals surface area (Å²) in [4.78, 5) is 28.6. The van der Waals surface area contributed by atoms with Crippen LogP contribution < -0.4 is 14.8 Å². The third-order valence-electron chi connectivity index (χ3n) is 6.17. The predicted octanol–water partition coefficient (Wildman–Crippen LogP) is 4.12. The van der Waals surface area contributed by atoms with Crippen LogP contribution in [0.4, 0.5) is 0 Å². The maximum Gasteiger partial charge on any atom is 0.348 e. The van der Waals surface area contributed by atoms with Gasteiger partial charge in [-0.1, -0.05) is 30.3 Å². The van der Waals surface area contributed by atoms with Crippen molar-refractivity contribution >= 4 is 23.2 Å². The normalized spacial score (nSPS) is 16.0. The monoisotopic (exact) mass is 492 g/mol. The Labute approximate surface area is 208 Å². The van der Waals surface area contributed by atoms with E-state index in [0.29, 0.717) is 23.8 Å². The minimum atomic E-state index is -0.494. The van der Waals surface area contributed by atoms with Crippen molar-refractivity contribution < 1.29 is 23.8 Å². The van der Waals surface area contributed by atoms with Gasteiger partial charge in [-0.2, -0.15) is 0 Å². The van der Waals surface area contributed by atoms with Crippen LogP contribution in [0.25, 0.3) is 10.4 Å². The number of piperidine rings is 1. The van der Waals surface area contributed by atoms with Crippen LogP contribution in [0.15, 0.2) is 60.7 Å². The Bertz CT molecular complexity index is 1170. The highest BCUT2D eigenvalue weighted by atomic mass is 32.1. The molecule has 2 aromatic carbocycles. The highest BCUT2D eigenvalue weighted by Gasteiger charge is 2.22. The number of fused-ring (bicyclic) bond motifs is 1. The van der Waals surface area contributed by atoms with Crippen molar-refractivity contribution in [2.45, 2.75) is 25.4 Å². The van der Waals surface area contributed by atoms with Crippen molar-refractivity contribution in [1.82, 2.24) is 10.2 Å². The van der Waals surface area contributed by atoms with Gasteiger partial charge in [0.15, 0.2) is 18.1 Å². The van der Waals surface area contributed by atoms with E-state index in [9.17, 15) is 9.59 Å². The molecular weight excluding hydrogens is 464 g/mol. The lowest BCUT2D eigenvalue weighted by atomic mass is 10.0. The summed E-state index contributed by atoms with van der Waals surface area (Å²) in [5.41, 5.74) is 2.24. The van der Waals surface area contributed by atoms with Gasteiger partial charge in [0.25, 0.3) is 5.91 Å². The van der Waals surface area contributed by atoms with Gasteiger partial charge in [-0.25, -0.2) is 4.79 Å². The van der Waals surface area contributed by atoms with Crippen LogP contribution in [0.1, 0.15) is 28.1 Å². The van der Waals surface area contributed by atoms with Gasteiger partial charge in [-0.3, -0.25) is 9.69 Å². The molecule has 8 heteroatoms. The smallest absolute Gasteiger partial charge is 0.348 e. The molecule has 7 nitrogen and oxygen atoms in total. The van der Waals surface area contributed by atoms with Crippen LogP contribution in [0, 0.1) is 0 Å². The lowest BCUT2D eigenvalue weighted by Gasteiger charge is -2.32. The van der Waals surface area contributed by atoms with Gasteiger partial charge < -0.3 is 19.5 Å². The standard InChI is InChI=1S/C27H28N2O5S/c30-26(28-21-10-12-29(13-11-21)17-19-4-2-1-3-5-19)18-34-27(31)25-9-8-24(35-25)20-6-7-22-23(16-20)33-15-14-32-22/h1-9,16,21H,10-15,17-18H2,(H,28,30). The number of likely N-dealkylation sites (tertiary alicyclic amines) is 1. The van der Waals surface area contributed by atoms with Crippen LogP contribution in [0.3, 0.4) is 0 Å². The first-order valence-electron chi connectivity index (χ1n) is 11.9. The molecule has 0 aliphatic carbocycles. The summed E-state index contributed by atoms with van der Waals surface area (Å²) in [5.74, 6) is 0.674. The summed E-state index contributed by atoms with van der Waals surface area (Å²) in [6, 6.07) is 19.8. The van der Waals surface area contributed by atoms with Gasteiger partial charge in [-0.05, 0) is 54.3 Å². The van der Waals surface area contributed by atoms with Crippen LogP contribution in [-0.4, -0.2) is 55.7 Å². The summed E-state index contributed by atoms with van der Waals surface area (Å²) < 4.78 is 16.5. The maximum atomic E-state index is 12.5. The molecule has 0 bridgehead atoms. The number of esters is 1. The Morgan fingerprint density at radius 2 is 1.74 bits per heavy atom. The van der Waals surface area contributed by atoms with Gasteiger partial charge >= 0.3 is 5.97 Å². The highest BCUT2D eigenvalue weighted by Crippen LogP contribution is 2.37. The maximum absolute atomic E-state index is 12.5. The molecule has 0 radical (unpaired) electrons. The number of hydrogen-bond donors (Lipinski definition) is 1. The summed E-state index contributed by atoms with van der Waals surface area (Å²) in [7, 11) is 0. The largest absolute Gasteiger partial charge is 0.486 e. The zero-order valence-electron chi connectivity index (χ0n) is 19.4. The van der Waals surface area contributed by atoms with Gasteiger partial charge in [0.2, 0.25) is 0 Å². The molecule has 182 valence electrons. The fourth-order valence-corrected chi connectivity index (χ4v) is 5.24. The zero-order chi connectivity index (χ0) is 24.0. The van der Waals surface area contributed by atoms with Gasteiger partial charge in [-0.15, -0.1) is 11.3 Å². The number of ether oxygens (including phenoxy) is 3. The lowest BCUT2D eigenvalue weighted by molar-refractivity contribution is -0.125. The van der Waals surface area contributed by atoms with Crippen molar-refractivity contribution in [2.75, 3.05) is 32.9 Å². The second-order valence-electron chi connectivity index (χ2n) is 8.70. The van der Waals surface area contributed by atoms with Crippen molar-refractivity contribution in [2.24, 2.45) is 0 Å². The van der Waals surface area contributed by atoms with E-state index in [-0.39, 0.29) is 18.6 Å². The minimum Gasteiger partial charge on any atom is -0.486 e. The Balaban J connectivity index is 1.07. The van der Waals surface area contributed by atoms with Crippen molar-refractivity contribution in [3.05, 3.63) is 71.1 Å². The number of thiophene rings is 1.